The molecular weight excluding hydrogens is 382 g/mol. The Kier molecular flexibility index (Phi) is 5.15. The number of nitrogens with zero attached hydrogens (tertiary/aromatic N) is 4. The van der Waals surface area contributed by atoms with Crippen LogP contribution in [0.5, 0.6) is 0 Å². The second-order valence-corrected chi connectivity index (χ2v) is 7.70. The molecule has 0 saturated carbocycles. The number of imide groups is 1. The van der Waals surface area contributed by atoms with Crippen molar-refractivity contribution in [2.24, 2.45) is 0 Å². The van der Waals surface area contributed by atoms with Gasteiger partial charge in [0, 0.05) is 32.4 Å². The average molecular weight is 407 g/mol. The molecule has 0 unspecified atom stereocenters. The molecule has 4 rings (SSSR count). The minimum absolute atomic E-state index is 0.143. The van der Waals surface area contributed by atoms with Gasteiger partial charge < -0.3 is 15.5 Å². The van der Waals surface area contributed by atoms with Gasteiger partial charge in [-0.05, 0) is 37.5 Å². The maximum Gasteiger partial charge on any atom is 0.327 e. The van der Waals surface area contributed by atoms with Crippen LogP contribution in [0.15, 0.2) is 48.7 Å². The first-order chi connectivity index (χ1) is 14.5. The molecule has 2 fully saturated rings. The van der Waals surface area contributed by atoms with Crippen LogP contribution in [0.3, 0.4) is 0 Å². The number of anilines is 1. The fourth-order valence-electron chi connectivity index (χ4n) is 4.32. The number of amides is 4. The Hall–Kier alpha value is -3.42. The molecule has 2 N–H and O–H groups in total. The zero-order chi connectivity index (χ0) is 21.3. The van der Waals surface area contributed by atoms with Crippen molar-refractivity contribution in [3.05, 3.63) is 59.8 Å². The molecule has 2 saturated heterocycles. The summed E-state index contributed by atoms with van der Waals surface area (Å²) in [5.74, 6) is 0.0543. The number of nitrogen functional groups attached to an aromatic ring is 1. The molecule has 1 aromatic carbocycles. The summed E-state index contributed by atoms with van der Waals surface area (Å²) in [6.45, 7) is 3.31. The standard InChI is InChI=1S/C22H25N5O3/c1-2-26-20(29)22(27(21(26)30)15-16-6-4-3-5-7-16)10-12-25(13-11-22)19(28)17-8-9-18(23)24-14-17/h3-9,14H,2,10-13,15H2,1H3,(H2,23,24). The number of likely N-dealkylation sites (tertiary alicyclic amines) is 1. The van der Waals surface area contributed by atoms with Crippen LogP contribution >= 0.6 is 0 Å². The third-order valence-electron chi connectivity index (χ3n) is 6.03. The Morgan fingerprint density at radius 3 is 2.40 bits per heavy atom. The van der Waals surface area contributed by atoms with Crippen molar-refractivity contribution in [1.82, 2.24) is 19.7 Å². The van der Waals surface area contributed by atoms with E-state index in [-0.39, 0.29) is 17.8 Å². The summed E-state index contributed by atoms with van der Waals surface area (Å²) in [5.41, 5.74) is 6.14. The van der Waals surface area contributed by atoms with Gasteiger partial charge in [-0.1, -0.05) is 30.3 Å². The lowest BCUT2D eigenvalue weighted by Crippen LogP contribution is -2.57. The number of benzene rings is 1. The highest BCUT2D eigenvalue weighted by Crippen LogP contribution is 2.38. The number of hydrogen-bond donors (Lipinski definition) is 1. The minimum atomic E-state index is -0.904. The van der Waals surface area contributed by atoms with E-state index in [1.165, 1.54) is 11.1 Å². The van der Waals surface area contributed by atoms with Gasteiger partial charge in [-0.3, -0.25) is 14.5 Å². The average Bonchev–Trinajstić information content (AvgIpc) is 2.96. The van der Waals surface area contributed by atoms with E-state index in [9.17, 15) is 14.4 Å². The zero-order valence-electron chi connectivity index (χ0n) is 17.0. The lowest BCUT2D eigenvalue weighted by atomic mass is 9.85. The van der Waals surface area contributed by atoms with E-state index < -0.39 is 5.54 Å². The fourth-order valence-corrected chi connectivity index (χ4v) is 4.32. The second kappa shape index (κ2) is 7.78. The molecule has 0 radical (unpaired) electrons. The summed E-state index contributed by atoms with van der Waals surface area (Å²) < 4.78 is 0. The largest absolute Gasteiger partial charge is 0.384 e. The van der Waals surface area contributed by atoms with Gasteiger partial charge in [-0.25, -0.2) is 9.78 Å². The van der Waals surface area contributed by atoms with Crippen LogP contribution in [-0.4, -0.2) is 62.7 Å². The first-order valence-electron chi connectivity index (χ1n) is 10.1. The predicted octanol–water partition coefficient (Wildman–Crippen LogP) is 2.12. The molecule has 30 heavy (non-hydrogen) atoms. The number of pyridine rings is 1. The first-order valence-corrected chi connectivity index (χ1v) is 10.1. The van der Waals surface area contributed by atoms with Gasteiger partial charge in [0.1, 0.15) is 11.4 Å². The van der Waals surface area contributed by atoms with Crippen molar-refractivity contribution in [3.63, 3.8) is 0 Å². The molecule has 1 spiro atoms. The zero-order valence-corrected chi connectivity index (χ0v) is 17.0. The lowest BCUT2D eigenvalue weighted by Gasteiger charge is -2.42. The number of carbonyl (C=O) groups excluding carboxylic acids is 3. The quantitative estimate of drug-likeness (QED) is 0.783. The molecule has 0 bridgehead atoms. The van der Waals surface area contributed by atoms with E-state index in [4.69, 9.17) is 5.73 Å². The lowest BCUT2D eigenvalue weighted by molar-refractivity contribution is -0.135. The Labute approximate surface area is 175 Å². The Balaban J connectivity index is 1.55. The molecule has 2 aromatic rings. The van der Waals surface area contributed by atoms with Crippen molar-refractivity contribution < 1.29 is 14.4 Å². The summed E-state index contributed by atoms with van der Waals surface area (Å²) in [6, 6.07) is 12.7. The number of hydrogen-bond acceptors (Lipinski definition) is 5. The molecule has 8 nitrogen and oxygen atoms in total. The van der Waals surface area contributed by atoms with Gasteiger partial charge in [0.25, 0.3) is 11.8 Å². The first kappa shape index (κ1) is 19.9. The van der Waals surface area contributed by atoms with E-state index in [1.54, 1.807) is 21.9 Å². The second-order valence-electron chi connectivity index (χ2n) is 7.70. The summed E-state index contributed by atoms with van der Waals surface area (Å²) in [4.78, 5) is 47.8. The van der Waals surface area contributed by atoms with E-state index in [1.807, 2.05) is 37.3 Å². The van der Waals surface area contributed by atoms with Crippen LogP contribution in [0.2, 0.25) is 0 Å². The predicted molar refractivity (Wildman–Crippen MR) is 111 cm³/mol. The van der Waals surface area contributed by atoms with Crippen molar-refractivity contribution in [1.29, 1.82) is 0 Å². The minimum Gasteiger partial charge on any atom is -0.384 e. The van der Waals surface area contributed by atoms with E-state index >= 15 is 0 Å². The molecule has 156 valence electrons. The van der Waals surface area contributed by atoms with Crippen molar-refractivity contribution >= 4 is 23.7 Å². The topological polar surface area (TPSA) is 99.8 Å². The molecule has 1 aromatic heterocycles. The van der Waals surface area contributed by atoms with Gasteiger partial charge in [-0.15, -0.1) is 0 Å². The summed E-state index contributed by atoms with van der Waals surface area (Å²) in [5, 5.41) is 0. The highest BCUT2D eigenvalue weighted by atomic mass is 16.2. The van der Waals surface area contributed by atoms with Crippen LogP contribution < -0.4 is 5.73 Å². The molecule has 2 aliphatic heterocycles. The van der Waals surface area contributed by atoms with Gasteiger partial charge in [0.15, 0.2) is 0 Å². The van der Waals surface area contributed by atoms with Crippen LogP contribution in [0, 0.1) is 0 Å². The molecular formula is C22H25N5O3. The number of nitrogens with two attached hydrogens (primary N) is 1. The summed E-state index contributed by atoms with van der Waals surface area (Å²) >= 11 is 0. The van der Waals surface area contributed by atoms with Gasteiger partial charge in [0.05, 0.1) is 5.56 Å². The normalized spacial score (nSPS) is 18.4. The molecule has 3 heterocycles. The number of aromatic nitrogens is 1. The Morgan fingerprint density at radius 2 is 1.80 bits per heavy atom. The Bertz CT molecular complexity index is 952. The third kappa shape index (κ3) is 3.28. The van der Waals surface area contributed by atoms with Crippen LogP contribution in [0.4, 0.5) is 10.6 Å². The number of rotatable bonds is 4. The number of carbonyl (C=O) groups is 3. The smallest absolute Gasteiger partial charge is 0.327 e. The molecule has 0 atom stereocenters. The summed E-state index contributed by atoms with van der Waals surface area (Å²) in [7, 11) is 0. The van der Waals surface area contributed by atoms with E-state index in [0.29, 0.717) is 50.4 Å². The van der Waals surface area contributed by atoms with Crippen molar-refractivity contribution in [2.45, 2.75) is 31.8 Å². The maximum atomic E-state index is 13.2. The monoisotopic (exact) mass is 407 g/mol. The van der Waals surface area contributed by atoms with Gasteiger partial charge >= 0.3 is 6.03 Å². The van der Waals surface area contributed by atoms with Crippen LogP contribution in [-0.2, 0) is 11.3 Å². The maximum absolute atomic E-state index is 13.2. The van der Waals surface area contributed by atoms with E-state index in [2.05, 4.69) is 4.98 Å². The molecule has 2 aliphatic rings. The van der Waals surface area contributed by atoms with E-state index in [0.717, 1.165) is 5.56 Å². The third-order valence-corrected chi connectivity index (χ3v) is 6.03. The highest BCUT2D eigenvalue weighted by molar-refractivity contribution is 6.07. The molecule has 0 aliphatic carbocycles. The SMILES string of the molecule is CCN1C(=O)N(Cc2ccccc2)C2(CCN(C(=O)c3ccc(N)nc3)CC2)C1=O. The number of likely N-dealkylation sites (N-methyl/N-ethyl adjacent to an activating group) is 1. The highest BCUT2D eigenvalue weighted by Gasteiger charge is 2.57. The van der Waals surface area contributed by atoms with Crippen molar-refractivity contribution in [3.8, 4) is 0 Å². The molecule has 8 heteroatoms. The summed E-state index contributed by atoms with van der Waals surface area (Å²) in [6.07, 6.45) is 2.29. The fraction of sp³-hybridized carbons (Fsp3) is 0.364. The van der Waals surface area contributed by atoms with Crippen LogP contribution in [0.25, 0.3) is 0 Å². The Morgan fingerprint density at radius 1 is 1.10 bits per heavy atom. The van der Waals surface area contributed by atoms with Crippen LogP contribution in [0.1, 0.15) is 35.7 Å². The van der Waals surface area contributed by atoms with Gasteiger partial charge in [-0.2, -0.15) is 0 Å². The van der Waals surface area contributed by atoms with Crippen molar-refractivity contribution in [2.75, 3.05) is 25.4 Å². The number of urea groups is 1. The number of piperidine rings is 1. The van der Waals surface area contributed by atoms with Gasteiger partial charge in [0.2, 0.25) is 0 Å². The molecule has 4 amide bonds.